The lowest BCUT2D eigenvalue weighted by Crippen LogP contribution is -2.44. The average molecular weight is 405 g/mol. The van der Waals surface area contributed by atoms with Crippen LogP contribution in [-0.4, -0.2) is 42.7 Å². The molecule has 0 atom stereocenters. The molecule has 7 heteroatoms. The van der Waals surface area contributed by atoms with Crippen LogP contribution in [0.3, 0.4) is 0 Å². The van der Waals surface area contributed by atoms with Gasteiger partial charge in [0, 0.05) is 35.9 Å². The Kier molecular flexibility index (Phi) is 5.87. The third kappa shape index (κ3) is 4.03. The lowest BCUT2D eigenvalue weighted by Gasteiger charge is -2.41. The maximum absolute atomic E-state index is 13.4. The van der Waals surface area contributed by atoms with Crippen molar-refractivity contribution in [3.8, 4) is 0 Å². The van der Waals surface area contributed by atoms with E-state index in [2.05, 4.69) is 22.5 Å². The van der Waals surface area contributed by atoms with Gasteiger partial charge in [0.1, 0.15) is 5.82 Å². The van der Waals surface area contributed by atoms with Gasteiger partial charge in [-0.3, -0.25) is 4.79 Å². The van der Waals surface area contributed by atoms with E-state index in [0.29, 0.717) is 24.7 Å². The predicted molar refractivity (Wildman–Crippen MR) is 107 cm³/mol. The van der Waals surface area contributed by atoms with Gasteiger partial charge in [-0.1, -0.05) is 12.1 Å². The van der Waals surface area contributed by atoms with Gasteiger partial charge in [0.25, 0.3) is 0 Å². The van der Waals surface area contributed by atoms with Crippen LogP contribution < -0.4 is 5.43 Å². The summed E-state index contributed by atoms with van der Waals surface area (Å²) in [6, 6.07) is 7.98. The average Bonchev–Trinajstić information content (AvgIpc) is 3.19. The minimum Gasteiger partial charge on any atom is -0.356 e. The number of nitrogens with one attached hydrogen (secondary N) is 1. The first kappa shape index (κ1) is 19.6. The first-order chi connectivity index (χ1) is 13.6. The van der Waals surface area contributed by atoms with Crippen molar-refractivity contribution in [1.82, 2.24) is 9.88 Å². The predicted octanol–water partition coefficient (Wildman–Crippen LogP) is 2.96. The monoisotopic (exact) mass is 404 g/mol. The highest BCUT2D eigenvalue weighted by Gasteiger charge is 2.46. The van der Waals surface area contributed by atoms with Crippen LogP contribution in [0.1, 0.15) is 24.0 Å². The number of halogens is 1. The van der Waals surface area contributed by atoms with Crippen LogP contribution >= 0.6 is 12.6 Å². The number of hydrogen-bond acceptors (Lipinski definition) is 5. The lowest BCUT2D eigenvalue weighted by molar-refractivity contribution is -0.214. The fraction of sp³-hybridized carbons (Fsp3) is 0.476. The molecule has 0 saturated carbocycles. The van der Waals surface area contributed by atoms with E-state index in [0.717, 1.165) is 43.6 Å². The number of likely N-dealkylation sites (tertiary alicyclic amines) is 1. The number of rotatable bonds is 5. The quantitative estimate of drug-likeness (QED) is 0.753. The molecule has 0 amide bonds. The summed E-state index contributed by atoms with van der Waals surface area (Å²) >= 11 is 4.16. The minimum atomic E-state index is -0.765. The summed E-state index contributed by atoms with van der Waals surface area (Å²) < 4.78 is 25.5. The van der Waals surface area contributed by atoms with Crippen molar-refractivity contribution in [2.24, 2.45) is 5.92 Å². The number of thiol groups is 1. The number of hydrogen-bond donors (Lipinski definition) is 2. The molecule has 2 aliphatic rings. The summed E-state index contributed by atoms with van der Waals surface area (Å²) in [6.45, 7) is 3.79. The van der Waals surface area contributed by atoms with Crippen molar-refractivity contribution in [3.05, 3.63) is 63.7 Å². The van der Waals surface area contributed by atoms with Crippen LogP contribution in [0.4, 0.5) is 4.39 Å². The number of aromatic nitrogens is 1. The van der Waals surface area contributed by atoms with Crippen LogP contribution in [-0.2, 0) is 21.7 Å². The molecule has 2 fully saturated rings. The van der Waals surface area contributed by atoms with Crippen LogP contribution in [0.5, 0.6) is 0 Å². The number of nitrogens with zero attached hydrogens (tertiary/aromatic N) is 1. The second-order valence-corrected chi connectivity index (χ2v) is 7.93. The lowest BCUT2D eigenvalue weighted by atomic mass is 9.84. The molecule has 150 valence electrons. The Morgan fingerprint density at radius 1 is 1.18 bits per heavy atom. The van der Waals surface area contributed by atoms with E-state index in [4.69, 9.17) is 9.47 Å². The van der Waals surface area contributed by atoms with Crippen LogP contribution in [0.15, 0.2) is 46.3 Å². The summed E-state index contributed by atoms with van der Waals surface area (Å²) in [5, 5.41) is 0.581. The summed E-state index contributed by atoms with van der Waals surface area (Å²) in [6.07, 6.45) is 4.33. The second kappa shape index (κ2) is 8.37. The standard InChI is InChI=1S/C21H25FN2O3S/c22-18-3-1-16(2-4-18)21(26-11-12-27-21)17-6-9-24(10-7-17)8-5-15-14-23-20(28)13-19(15)25/h1-4,13-14,17H,5-12H2,(H2,23,25,28). The van der Waals surface area contributed by atoms with Gasteiger partial charge in [0.2, 0.25) is 0 Å². The minimum absolute atomic E-state index is 0.0293. The normalized spacial score (nSPS) is 20.5. The third-order valence-electron chi connectivity index (χ3n) is 5.76. The van der Waals surface area contributed by atoms with E-state index in [-0.39, 0.29) is 17.2 Å². The van der Waals surface area contributed by atoms with E-state index < -0.39 is 5.79 Å². The van der Waals surface area contributed by atoms with E-state index in [9.17, 15) is 9.18 Å². The molecule has 0 aliphatic carbocycles. The van der Waals surface area contributed by atoms with E-state index >= 15 is 0 Å². The summed E-state index contributed by atoms with van der Waals surface area (Å²) in [5.41, 5.74) is 1.70. The van der Waals surface area contributed by atoms with Gasteiger partial charge in [-0.25, -0.2) is 4.39 Å². The highest BCUT2D eigenvalue weighted by atomic mass is 32.1. The van der Waals surface area contributed by atoms with E-state index in [1.165, 1.54) is 18.2 Å². The highest BCUT2D eigenvalue weighted by molar-refractivity contribution is 7.80. The van der Waals surface area contributed by atoms with Gasteiger partial charge in [-0.15, -0.1) is 12.6 Å². The summed E-state index contributed by atoms with van der Waals surface area (Å²) in [4.78, 5) is 17.4. The molecule has 4 rings (SSSR count). The van der Waals surface area contributed by atoms with Crippen LogP contribution in [0.25, 0.3) is 0 Å². The molecule has 0 spiro atoms. The summed E-state index contributed by atoms with van der Waals surface area (Å²) in [5.74, 6) is -0.796. The van der Waals surface area contributed by atoms with Crippen molar-refractivity contribution in [2.45, 2.75) is 30.1 Å². The van der Waals surface area contributed by atoms with Gasteiger partial charge in [-0.05, 0) is 44.5 Å². The van der Waals surface area contributed by atoms with E-state index in [1.807, 2.05) is 0 Å². The molecule has 1 N–H and O–H groups in total. The van der Waals surface area contributed by atoms with Gasteiger partial charge in [0.15, 0.2) is 11.2 Å². The number of benzene rings is 1. The Morgan fingerprint density at radius 2 is 1.86 bits per heavy atom. The third-order valence-corrected chi connectivity index (χ3v) is 6.02. The molecule has 2 saturated heterocycles. The number of aromatic amines is 1. The molecule has 0 bridgehead atoms. The maximum atomic E-state index is 13.4. The Balaban J connectivity index is 1.38. The first-order valence-electron chi connectivity index (χ1n) is 9.74. The second-order valence-electron chi connectivity index (χ2n) is 7.44. The molecule has 2 aromatic rings. The van der Waals surface area contributed by atoms with Gasteiger partial charge < -0.3 is 19.4 Å². The largest absolute Gasteiger partial charge is 0.356 e. The number of piperidine rings is 1. The number of H-pyrrole nitrogens is 1. The Labute approximate surface area is 169 Å². The van der Waals surface area contributed by atoms with Crippen molar-refractivity contribution in [1.29, 1.82) is 0 Å². The maximum Gasteiger partial charge on any atom is 0.197 e. The van der Waals surface area contributed by atoms with Gasteiger partial charge in [-0.2, -0.15) is 0 Å². The molecule has 1 aromatic carbocycles. The molecule has 3 heterocycles. The van der Waals surface area contributed by atoms with Crippen molar-refractivity contribution >= 4 is 12.6 Å². The zero-order valence-corrected chi connectivity index (χ0v) is 16.6. The van der Waals surface area contributed by atoms with Crippen molar-refractivity contribution in [2.75, 3.05) is 32.8 Å². The topological polar surface area (TPSA) is 54.6 Å². The fourth-order valence-electron chi connectivity index (χ4n) is 4.25. The number of ether oxygens (including phenoxy) is 2. The molecule has 0 unspecified atom stereocenters. The smallest absolute Gasteiger partial charge is 0.197 e. The van der Waals surface area contributed by atoms with Crippen LogP contribution in [0, 0.1) is 11.7 Å². The van der Waals surface area contributed by atoms with Crippen LogP contribution in [0.2, 0.25) is 0 Å². The Bertz CT molecular complexity index is 857. The molecule has 1 aromatic heterocycles. The zero-order valence-electron chi connectivity index (χ0n) is 15.7. The molecule has 28 heavy (non-hydrogen) atoms. The molecule has 2 aliphatic heterocycles. The van der Waals surface area contributed by atoms with Gasteiger partial charge >= 0.3 is 0 Å². The van der Waals surface area contributed by atoms with Crippen molar-refractivity contribution < 1.29 is 13.9 Å². The Hall–Kier alpha value is -1.67. The first-order valence-corrected chi connectivity index (χ1v) is 10.2. The fourth-order valence-corrected chi connectivity index (χ4v) is 4.43. The molecule has 5 nitrogen and oxygen atoms in total. The van der Waals surface area contributed by atoms with Gasteiger partial charge in [0.05, 0.1) is 18.2 Å². The Morgan fingerprint density at radius 3 is 2.50 bits per heavy atom. The van der Waals surface area contributed by atoms with E-state index in [1.54, 1.807) is 18.3 Å². The van der Waals surface area contributed by atoms with Crippen molar-refractivity contribution in [3.63, 3.8) is 0 Å². The molecular weight excluding hydrogens is 379 g/mol. The number of pyridine rings is 1. The zero-order chi connectivity index (χ0) is 19.6. The molecular formula is C21H25FN2O3S. The highest BCUT2D eigenvalue weighted by Crippen LogP contribution is 2.43. The molecule has 0 radical (unpaired) electrons. The summed E-state index contributed by atoms with van der Waals surface area (Å²) in [7, 11) is 0. The SMILES string of the molecule is O=c1cc(S)[nH]cc1CCN1CCC(C2(c3ccc(F)cc3)OCCO2)CC1.